The zero-order chi connectivity index (χ0) is 34.6. The lowest BCUT2D eigenvalue weighted by Gasteiger charge is -2.34. The molecule has 252 valence electrons. The predicted molar refractivity (Wildman–Crippen MR) is 188 cm³/mol. The second kappa shape index (κ2) is 16.6. The second-order valence-corrected chi connectivity index (χ2v) is 13.2. The highest BCUT2D eigenvalue weighted by Gasteiger charge is 2.35. The van der Waals surface area contributed by atoms with Gasteiger partial charge in [-0.1, -0.05) is 91.9 Å². The minimum atomic E-state index is -4.28. The van der Waals surface area contributed by atoms with Gasteiger partial charge in [-0.3, -0.25) is 13.9 Å². The molecule has 0 aliphatic carbocycles. The van der Waals surface area contributed by atoms with Gasteiger partial charge in [0.15, 0.2) is 0 Å². The zero-order valence-electron chi connectivity index (χ0n) is 27.1. The Labute approximate surface area is 286 Å². The summed E-state index contributed by atoms with van der Waals surface area (Å²) in [5.41, 5.74) is 1.18. The first-order valence-corrected chi connectivity index (χ1v) is 17.5. The van der Waals surface area contributed by atoms with Gasteiger partial charge in [0.1, 0.15) is 29.9 Å². The van der Waals surface area contributed by atoms with Crippen molar-refractivity contribution in [2.24, 2.45) is 0 Å². The minimum Gasteiger partial charge on any atom is -0.457 e. The van der Waals surface area contributed by atoms with E-state index in [2.05, 4.69) is 5.32 Å². The first kappa shape index (κ1) is 34.8. The molecule has 5 aromatic rings. The molecule has 0 unspecified atom stereocenters. The number of nitrogens with zero attached hydrogens (tertiary/aromatic N) is 2. The van der Waals surface area contributed by atoms with Gasteiger partial charge in [0, 0.05) is 25.1 Å². The molecule has 1 atom stereocenters. The number of hydrogen-bond acceptors (Lipinski definition) is 5. The molecule has 49 heavy (non-hydrogen) atoms. The largest absolute Gasteiger partial charge is 0.457 e. The molecule has 5 aromatic carbocycles. The van der Waals surface area contributed by atoms with E-state index in [4.69, 9.17) is 4.74 Å². The van der Waals surface area contributed by atoms with E-state index in [1.807, 2.05) is 55.5 Å². The van der Waals surface area contributed by atoms with Gasteiger partial charge in [-0.15, -0.1) is 0 Å². The average Bonchev–Trinajstić information content (AvgIpc) is 3.13. The Hall–Kier alpha value is -5.48. The SMILES string of the molecule is CCCNC(=O)[C@@H](Cc1ccccc1)N(Cc1ccccc1F)C(=O)CN(c1ccc(Oc2ccccc2)cc1)S(=O)(=O)c1ccccc1. The standard InChI is InChI=1S/C39H38FN3O5S/c1-2-26-41-39(45)37(27-30-14-6-3-7-15-30)42(28-31-16-12-13-21-36(31)40)38(44)29-43(49(46,47)35-19-10-5-11-20-35)32-22-24-34(25-23-32)48-33-17-8-4-9-18-33/h3-25,37H,2,26-29H2,1H3,(H,41,45)/t37-/m1/s1. The van der Waals surface area contributed by atoms with Crippen molar-refractivity contribution >= 4 is 27.5 Å². The van der Waals surface area contributed by atoms with Gasteiger partial charge in [0.25, 0.3) is 10.0 Å². The number of nitrogens with one attached hydrogen (secondary N) is 1. The smallest absolute Gasteiger partial charge is 0.264 e. The zero-order valence-corrected chi connectivity index (χ0v) is 27.9. The van der Waals surface area contributed by atoms with Gasteiger partial charge in [0.05, 0.1) is 10.6 Å². The molecule has 2 amide bonds. The number of amides is 2. The molecule has 0 fully saturated rings. The summed E-state index contributed by atoms with van der Waals surface area (Å²) < 4.78 is 50.4. The Balaban J connectivity index is 1.55. The number of hydrogen-bond donors (Lipinski definition) is 1. The van der Waals surface area contributed by atoms with Crippen LogP contribution in [0.5, 0.6) is 11.5 Å². The number of rotatable bonds is 15. The second-order valence-electron chi connectivity index (χ2n) is 11.3. The fourth-order valence-electron chi connectivity index (χ4n) is 5.28. The molecule has 0 bridgehead atoms. The van der Waals surface area contributed by atoms with E-state index in [1.165, 1.54) is 23.1 Å². The van der Waals surface area contributed by atoms with Crippen LogP contribution in [0.4, 0.5) is 10.1 Å². The van der Waals surface area contributed by atoms with Crippen molar-refractivity contribution in [3.63, 3.8) is 0 Å². The third-order valence-corrected chi connectivity index (χ3v) is 9.62. The molecule has 8 nitrogen and oxygen atoms in total. The number of sulfonamides is 1. The topological polar surface area (TPSA) is 96.0 Å². The fourth-order valence-corrected chi connectivity index (χ4v) is 6.72. The Kier molecular flexibility index (Phi) is 11.8. The van der Waals surface area contributed by atoms with Gasteiger partial charge in [0.2, 0.25) is 11.8 Å². The molecule has 10 heteroatoms. The molecule has 0 aliphatic rings. The quantitative estimate of drug-likeness (QED) is 0.129. The molecule has 1 N–H and O–H groups in total. The van der Waals surface area contributed by atoms with Crippen molar-refractivity contribution in [3.8, 4) is 11.5 Å². The van der Waals surface area contributed by atoms with Crippen LogP contribution in [0.1, 0.15) is 24.5 Å². The lowest BCUT2D eigenvalue weighted by atomic mass is 10.0. The summed E-state index contributed by atoms with van der Waals surface area (Å²) >= 11 is 0. The van der Waals surface area contributed by atoms with E-state index in [-0.39, 0.29) is 29.1 Å². The maximum absolute atomic E-state index is 15.1. The summed E-state index contributed by atoms with van der Waals surface area (Å²) in [7, 11) is -4.28. The highest BCUT2D eigenvalue weighted by atomic mass is 32.2. The van der Waals surface area contributed by atoms with Crippen molar-refractivity contribution in [3.05, 3.63) is 156 Å². The Bertz CT molecular complexity index is 1930. The first-order chi connectivity index (χ1) is 23.8. The van der Waals surface area contributed by atoms with Crippen LogP contribution in [0, 0.1) is 5.82 Å². The van der Waals surface area contributed by atoms with E-state index in [9.17, 15) is 18.0 Å². The first-order valence-electron chi connectivity index (χ1n) is 16.0. The molecule has 5 rings (SSSR count). The summed E-state index contributed by atoms with van der Waals surface area (Å²) in [6, 6.07) is 37.4. The molecule has 0 radical (unpaired) electrons. The van der Waals surface area contributed by atoms with Crippen LogP contribution in [0.3, 0.4) is 0 Å². The van der Waals surface area contributed by atoms with Gasteiger partial charge in [-0.2, -0.15) is 0 Å². The maximum Gasteiger partial charge on any atom is 0.264 e. The number of halogens is 1. The third-order valence-electron chi connectivity index (χ3n) is 7.83. The number of benzene rings is 5. The van der Waals surface area contributed by atoms with Crippen LogP contribution < -0.4 is 14.4 Å². The van der Waals surface area contributed by atoms with E-state index < -0.39 is 40.2 Å². The minimum absolute atomic E-state index is 0.0189. The monoisotopic (exact) mass is 679 g/mol. The number of carbonyl (C=O) groups is 2. The van der Waals surface area contributed by atoms with Crippen LogP contribution >= 0.6 is 0 Å². The van der Waals surface area contributed by atoms with Gasteiger partial charge in [-0.05, 0) is 66.6 Å². The number of carbonyl (C=O) groups excluding carboxylic acids is 2. The molecule has 0 saturated carbocycles. The van der Waals surface area contributed by atoms with Crippen molar-refractivity contribution in [2.45, 2.75) is 37.2 Å². The number of para-hydroxylation sites is 1. The molecule has 0 spiro atoms. The molecular formula is C39H38FN3O5S. The van der Waals surface area contributed by atoms with Gasteiger partial charge >= 0.3 is 0 Å². The van der Waals surface area contributed by atoms with Gasteiger partial charge in [-0.25, -0.2) is 12.8 Å². The summed E-state index contributed by atoms with van der Waals surface area (Å²) in [6.07, 6.45) is 0.797. The highest BCUT2D eigenvalue weighted by Crippen LogP contribution is 2.29. The lowest BCUT2D eigenvalue weighted by Crippen LogP contribution is -2.53. The Morgan fingerprint density at radius 3 is 1.96 bits per heavy atom. The van der Waals surface area contributed by atoms with Crippen molar-refractivity contribution in [1.29, 1.82) is 0 Å². The van der Waals surface area contributed by atoms with Crippen molar-refractivity contribution in [2.75, 3.05) is 17.4 Å². The molecule has 0 heterocycles. The number of ether oxygens (including phenoxy) is 1. The van der Waals surface area contributed by atoms with Crippen LogP contribution in [-0.2, 0) is 32.6 Å². The van der Waals surface area contributed by atoms with E-state index in [0.29, 0.717) is 24.5 Å². The number of anilines is 1. The van der Waals surface area contributed by atoms with E-state index in [1.54, 1.807) is 72.8 Å². The highest BCUT2D eigenvalue weighted by molar-refractivity contribution is 7.92. The van der Waals surface area contributed by atoms with E-state index >= 15 is 4.39 Å². The van der Waals surface area contributed by atoms with Gasteiger partial charge < -0.3 is 15.0 Å². The van der Waals surface area contributed by atoms with Crippen LogP contribution in [-0.4, -0.2) is 44.3 Å². The summed E-state index contributed by atoms with van der Waals surface area (Å²) in [6.45, 7) is 1.37. The summed E-state index contributed by atoms with van der Waals surface area (Å²) in [4.78, 5) is 29.5. The molecule has 0 aliphatic heterocycles. The normalized spacial score (nSPS) is 11.7. The molecular weight excluding hydrogens is 642 g/mol. The van der Waals surface area contributed by atoms with Crippen LogP contribution in [0.25, 0.3) is 0 Å². The molecule has 0 saturated heterocycles. The Morgan fingerprint density at radius 1 is 0.755 bits per heavy atom. The summed E-state index contributed by atoms with van der Waals surface area (Å²) in [5.74, 6) is -0.575. The van der Waals surface area contributed by atoms with Crippen LogP contribution in [0.2, 0.25) is 0 Å². The fraction of sp³-hybridized carbons (Fsp3) is 0.179. The van der Waals surface area contributed by atoms with Crippen LogP contribution in [0.15, 0.2) is 144 Å². The lowest BCUT2D eigenvalue weighted by molar-refractivity contribution is -0.140. The third kappa shape index (κ3) is 9.11. The molecule has 0 aromatic heterocycles. The Morgan fingerprint density at radius 2 is 1.33 bits per heavy atom. The maximum atomic E-state index is 15.1. The summed E-state index contributed by atoms with van der Waals surface area (Å²) in [5, 5.41) is 2.88. The van der Waals surface area contributed by atoms with Crippen molar-refractivity contribution in [1.82, 2.24) is 10.2 Å². The average molecular weight is 680 g/mol. The van der Waals surface area contributed by atoms with Crippen molar-refractivity contribution < 1.29 is 27.1 Å². The van der Waals surface area contributed by atoms with E-state index in [0.717, 1.165) is 9.87 Å². The predicted octanol–water partition coefficient (Wildman–Crippen LogP) is 6.98.